The lowest BCUT2D eigenvalue weighted by atomic mass is 10.1. The summed E-state index contributed by atoms with van der Waals surface area (Å²) < 4.78 is 1.58. The number of aromatic amines is 1. The maximum absolute atomic E-state index is 12.8. The van der Waals surface area contributed by atoms with Crippen LogP contribution in [0.4, 0.5) is 5.69 Å². The Morgan fingerprint density at radius 2 is 1.81 bits per heavy atom. The Morgan fingerprint density at radius 1 is 1.00 bits per heavy atom. The number of rotatable bonds is 4. The molecule has 5 heteroatoms. The van der Waals surface area contributed by atoms with E-state index in [0.29, 0.717) is 6.54 Å². The van der Waals surface area contributed by atoms with Gasteiger partial charge in [0.05, 0.1) is 22.5 Å². The molecule has 0 atom stereocenters. The lowest BCUT2D eigenvalue weighted by molar-refractivity contribution is 0.834. The van der Waals surface area contributed by atoms with E-state index in [1.54, 1.807) is 4.68 Å². The largest absolute Gasteiger partial charge is 0.379 e. The zero-order valence-corrected chi connectivity index (χ0v) is 14.8. The molecule has 0 fully saturated rings. The van der Waals surface area contributed by atoms with E-state index in [2.05, 4.69) is 21.5 Å². The lowest BCUT2D eigenvalue weighted by Crippen LogP contribution is -2.19. The second-order valence-electron chi connectivity index (χ2n) is 6.37. The minimum Gasteiger partial charge on any atom is -0.379 e. The number of nitrogens with one attached hydrogen (secondary N) is 2. The summed E-state index contributed by atoms with van der Waals surface area (Å²) in [7, 11) is 0. The summed E-state index contributed by atoms with van der Waals surface area (Å²) in [4.78, 5) is 17.4. The van der Waals surface area contributed by atoms with Crippen LogP contribution in [0.15, 0.2) is 65.5 Å². The molecule has 2 heterocycles. The number of aromatic nitrogens is 3. The molecule has 0 saturated heterocycles. The summed E-state index contributed by atoms with van der Waals surface area (Å²) in [5.41, 5.74) is 5.19. The Balaban J connectivity index is 1.67. The molecule has 4 aromatic rings. The number of benzene rings is 2. The molecule has 0 aliphatic carbocycles. The standard InChI is InChI=1S/C21H20N4O/c1-14-11-12-16-7-6-10-19(20(16)23-14)22-13-18-15(2)24-25(21(18)26)17-8-4-3-5-9-17/h3-12,22,24H,13H2,1-2H3. The van der Waals surface area contributed by atoms with Crippen molar-refractivity contribution in [1.29, 1.82) is 0 Å². The molecule has 5 nitrogen and oxygen atoms in total. The van der Waals surface area contributed by atoms with Crippen LogP contribution in [0.1, 0.15) is 17.0 Å². The molecular formula is C21H20N4O. The van der Waals surface area contributed by atoms with Crippen molar-refractivity contribution in [2.75, 3.05) is 5.32 Å². The summed E-state index contributed by atoms with van der Waals surface area (Å²) in [5, 5.41) is 7.62. The maximum atomic E-state index is 12.8. The van der Waals surface area contributed by atoms with Gasteiger partial charge < -0.3 is 5.32 Å². The van der Waals surface area contributed by atoms with Crippen LogP contribution in [0, 0.1) is 13.8 Å². The Hall–Kier alpha value is -3.34. The van der Waals surface area contributed by atoms with E-state index in [4.69, 9.17) is 0 Å². The highest BCUT2D eigenvalue weighted by Gasteiger charge is 2.12. The predicted octanol–water partition coefficient (Wildman–Crippen LogP) is 3.94. The minimum absolute atomic E-state index is 0.0365. The number of fused-ring (bicyclic) bond motifs is 1. The van der Waals surface area contributed by atoms with E-state index in [9.17, 15) is 4.79 Å². The van der Waals surface area contributed by atoms with Crippen LogP contribution in [0.2, 0.25) is 0 Å². The Bertz CT molecular complexity index is 1130. The van der Waals surface area contributed by atoms with Crippen molar-refractivity contribution in [1.82, 2.24) is 14.8 Å². The number of H-pyrrole nitrogens is 1. The fourth-order valence-electron chi connectivity index (χ4n) is 3.12. The Morgan fingerprint density at radius 3 is 2.62 bits per heavy atom. The molecule has 0 spiro atoms. The fourth-order valence-corrected chi connectivity index (χ4v) is 3.12. The molecule has 4 rings (SSSR count). The van der Waals surface area contributed by atoms with Crippen molar-refractivity contribution in [3.63, 3.8) is 0 Å². The highest BCUT2D eigenvalue weighted by atomic mass is 16.1. The van der Waals surface area contributed by atoms with Crippen LogP contribution < -0.4 is 10.9 Å². The number of nitrogens with zero attached hydrogens (tertiary/aromatic N) is 2. The van der Waals surface area contributed by atoms with Gasteiger partial charge in [-0.05, 0) is 38.1 Å². The van der Waals surface area contributed by atoms with E-state index in [0.717, 1.165) is 39.2 Å². The molecule has 2 N–H and O–H groups in total. The summed E-state index contributed by atoms with van der Waals surface area (Å²) in [6.07, 6.45) is 0. The summed E-state index contributed by atoms with van der Waals surface area (Å²) in [5.74, 6) is 0. The molecule has 130 valence electrons. The van der Waals surface area contributed by atoms with Crippen molar-refractivity contribution in [2.24, 2.45) is 0 Å². The van der Waals surface area contributed by atoms with E-state index in [-0.39, 0.29) is 5.56 Å². The molecule has 0 amide bonds. The van der Waals surface area contributed by atoms with Gasteiger partial charge in [0.1, 0.15) is 0 Å². The number of aryl methyl sites for hydroxylation is 2. The Kier molecular flexibility index (Phi) is 4.05. The smallest absolute Gasteiger partial charge is 0.276 e. The van der Waals surface area contributed by atoms with Gasteiger partial charge in [0.25, 0.3) is 5.56 Å². The zero-order valence-electron chi connectivity index (χ0n) is 14.8. The molecule has 0 radical (unpaired) electrons. The van der Waals surface area contributed by atoms with Crippen molar-refractivity contribution >= 4 is 16.6 Å². The number of pyridine rings is 1. The molecule has 2 aromatic heterocycles. The maximum Gasteiger partial charge on any atom is 0.276 e. The van der Waals surface area contributed by atoms with Crippen LogP contribution in [-0.2, 0) is 6.54 Å². The van der Waals surface area contributed by atoms with Gasteiger partial charge in [0.15, 0.2) is 0 Å². The molecule has 0 unspecified atom stereocenters. The van der Waals surface area contributed by atoms with Gasteiger partial charge in [-0.3, -0.25) is 14.9 Å². The number of anilines is 1. The summed E-state index contributed by atoms with van der Waals surface area (Å²) >= 11 is 0. The summed E-state index contributed by atoms with van der Waals surface area (Å²) in [6.45, 7) is 4.34. The molecule has 0 saturated carbocycles. The number of para-hydroxylation sites is 2. The first-order valence-electron chi connectivity index (χ1n) is 8.59. The molecular weight excluding hydrogens is 324 g/mol. The van der Waals surface area contributed by atoms with Gasteiger partial charge >= 0.3 is 0 Å². The fraction of sp³-hybridized carbons (Fsp3) is 0.143. The van der Waals surface area contributed by atoms with Gasteiger partial charge in [0, 0.05) is 23.3 Å². The van der Waals surface area contributed by atoms with Crippen molar-refractivity contribution in [3.05, 3.63) is 88.0 Å². The topological polar surface area (TPSA) is 62.7 Å². The first-order valence-corrected chi connectivity index (χ1v) is 8.59. The minimum atomic E-state index is -0.0365. The molecule has 2 aromatic carbocycles. The predicted molar refractivity (Wildman–Crippen MR) is 105 cm³/mol. The van der Waals surface area contributed by atoms with Gasteiger partial charge in [-0.25, -0.2) is 4.68 Å². The average molecular weight is 344 g/mol. The lowest BCUT2D eigenvalue weighted by Gasteiger charge is -2.09. The third-order valence-electron chi connectivity index (χ3n) is 4.52. The zero-order chi connectivity index (χ0) is 18.1. The third-order valence-corrected chi connectivity index (χ3v) is 4.52. The highest BCUT2D eigenvalue weighted by molar-refractivity contribution is 5.90. The van der Waals surface area contributed by atoms with Crippen LogP contribution in [-0.4, -0.2) is 14.8 Å². The van der Waals surface area contributed by atoms with Crippen LogP contribution >= 0.6 is 0 Å². The van der Waals surface area contributed by atoms with Gasteiger partial charge in [-0.1, -0.05) is 36.4 Å². The first kappa shape index (κ1) is 16.1. The van der Waals surface area contributed by atoms with Crippen molar-refractivity contribution in [2.45, 2.75) is 20.4 Å². The van der Waals surface area contributed by atoms with E-state index < -0.39 is 0 Å². The van der Waals surface area contributed by atoms with Crippen molar-refractivity contribution in [3.8, 4) is 5.69 Å². The van der Waals surface area contributed by atoms with E-state index in [1.807, 2.05) is 68.4 Å². The van der Waals surface area contributed by atoms with Gasteiger partial charge in [0.2, 0.25) is 0 Å². The van der Waals surface area contributed by atoms with Crippen molar-refractivity contribution < 1.29 is 0 Å². The monoisotopic (exact) mass is 344 g/mol. The van der Waals surface area contributed by atoms with Gasteiger partial charge in [-0.2, -0.15) is 0 Å². The summed E-state index contributed by atoms with van der Waals surface area (Å²) in [6, 6.07) is 19.7. The quantitative estimate of drug-likeness (QED) is 0.589. The van der Waals surface area contributed by atoms with Crippen LogP contribution in [0.5, 0.6) is 0 Å². The van der Waals surface area contributed by atoms with Crippen LogP contribution in [0.3, 0.4) is 0 Å². The second kappa shape index (κ2) is 6.52. The normalized spacial score (nSPS) is 11.0. The van der Waals surface area contributed by atoms with E-state index >= 15 is 0 Å². The first-order chi connectivity index (χ1) is 12.6. The van der Waals surface area contributed by atoms with E-state index in [1.165, 1.54) is 0 Å². The molecule has 0 aliphatic heterocycles. The SMILES string of the molecule is Cc1ccc2cccc(NCc3c(C)[nH]n(-c4ccccc4)c3=O)c2n1. The molecule has 26 heavy (non-hydrogen) atoms. The Labute approximate surface area is 151 Å². The molecule has 0 aliphatic rings. The number of hydrogen-bond acceptors (Lipinski definition) is 3. The van der Waals surface area contributed by atoms with Crippen LogP contribution in [0.25, 0.3) is 16.6 Å². The second-order valence-corrected chi connectivity index (χ2v) is 6.37. The third kappa shape index (κ3) is 2.88. The molecule has 0 bridgehead atoms. The highest BCUT2D eigenvalue weighted by Crippen LogP contribution is 2.22. The average Bonchev–Trinajstić information content (AvgIpc) is 2.95. The van der Waals surface area contributed by atoms with Gasteiger partial charge in [-0.15, -0.1) is 0 Å². The number of hydrogen-bond donors (Lipinski definition) is 2.